The van der Waals surface area contributed by atoms with Crippen LogP contribution in [0.1, 0.15) is 49.7 Å². The average molecular weight is 493 g/mol. The van der Waals surface area contributed by atoms with Crippen molar-refractivity contribution >= 4 is 23.4 Å². The summed E-state index contributed by atoms with van der Waals surface area (Å²) < 4.78 is 7.93. The summed E-state index contributed by atoms with van der Waals surface area (Å²) in [4.78, 5) is 12.5. The molecule has 186 valence electrons. The van der Waals surface area contributed by atoms with E-state index in [4.69, 9.17) is 4.74 Å². The normalized spacial score (nSPS) is 11.3. The van der Waals surface area contributed by atoms with Crippen LogP contribution < -0.4 is 10.1 Å². The maximum atomic E-state index is 12.5. The highest BCUT2D eigenvalue weighted by Gasteiger charge is 2.15. The van der Waals surface area contributed by atoms with Gasteiger partial charge in [0, 0.05) is 18.7 Å². The summed E-state index contributed by atoms with van der Waals surface area (Å²) in [5.41, 5.74) is 4.41. The molecule has 3 rings (SSSR count). The van der Waals surface area contributed by atoms with Crippen molar-refractivity contribution in [1.29, 1.82) is 0 Å². The molecule has 0 aliphatic rings. The van der Waals surface area contributed by atoms with Gasteiger partial charge < -0.3 is 14.6 Å². The molecule has 2 aromatic carbocycles. The van der Waals surface area contributed by atoms with Gasteiger partial charge in [-0.1, -0.05) is 62.9 Å². The number of thioether (sulfide) groups is 1. The highest BCUT2D eigenvalue weighted by atomic mass is 32.2. The van der Waals surface area contributed by atoms with Crippen LogP contribution in [0, 0.1) is 13.8 Å². The number of ether oxygens (including phenoxy) is 1. The van der Waals surface area contributed by atoms with Gasteiger partial charge in [0.2, 0.25) is 5.91 Å². The van der Waals surface area contributed by atoms with E-state index in [0.29, 0.717) is 13.2 Å². The number of hydrogen-bond acceptors (Lipinski definition) is 5. The molecule has 0 aliphatic carbocycles. The molecule has 1 amide bonds. The number of hydrogen-bond donors (Lipinski definition) is 1. The number of aromatic nitrogens is 3. The minimum absolute atomic E-state index is 0.0655. The number of anilines is 1. The van der Waals surface area contributed by atoms with E-state index >= 15 is 0 Å². The van der Waals surface area contributed by atoms with Crippen molar-refractivity contribution < 1.29 is 9.53 Å². The zero-order valence-corrected chi connectivity index (χ0v) is 22.2. The second-order valence-corrected chi connectivity index (χ2v) is 10.6. The Morgan fingerprint density at radius 1 is 1.14 bits per heavy atom. The van der Waals surface area contributed by atoms with Gasteiger partial charge in [0.1, 0.15) is 11.6 Å². The van der Waals surface area contributed by atoms with Gasteiger partial charge in [0.05, 0.1) is 12.4 Å². The lowest BCUT2D eigenvalue weighted by Crippen LogP contribution is -2.15. The number of nitrogens with zero attached hydrogens (tertiary/aromatic N) is 3. The van der Waals surface area contributed by atoms with Crippen LogP contribution in [0.25, 0.3) is 0 Å². The van der Waals surface area contributed by atoms with Crippen LogP contribution in [0.5, 0.6) is 5.75 Å². The maximum absolute atomic E-state index is 12.5. The number of allylic oxidation sites excluding steroid dienone is 1. The number of nitrogens with one attached hydrogen (secondary N) is 1. The third-order valence-corrected chi connectivity index (χ3v) is 6.61. The van der Waals surface area contributed by atoms with E-state index in [0.717, 1.165) is 46.4 Å². The van der Waals surface area contributed by atoms with Crippen LogP contribution in [0.3, 0.4) is 0 Å². The first-order valence-corrected chi connectivity index (χ1v) is 12.9. The second-order valence-electron chi connectivity index (χ2n) is 9.68. The average Bonchev–Trinajstić information content (AvgIpc) is 3.19. The molecular weight excluding hydrogens is 456 g/mol. The van der Waals surface area contributed by atoms with E-state index in [9.17, 15) is 4.79 Å². The van der Waals surface area contributed by atoms with Gasteiger partial charge >= 0.3 is 0 Å². The predicted molar refractivity (Wildman–Crippen MR) is 144 cm³/mol. The summed E-state index contributed by atoms with van der Waals surface area (Å²) in [6.07, 6.45) is 3.37. The summed E-state index contributed by atoms with van der Waals surface area (Å²) in [7, 11) is 0. The fourth-order valence-electron chi connectivity index (χ4n) is 3.58. The molecule has 3 aromatic rings. The summed E-state index contributed by atoms with van der Waals surface area (Å²) >= 11 is 1.38. The van der Waals surface area contributed by atoms with Crippen molar-refractivity contribution in [3.8, 4) is 5.75 Å². The third-order valence-electron chi connectivity index (χ3n) is 5.64. The molecule has 7 heteroatoms. The molecule has 0 fully saturated rings. The standard InChI is InChI=1S/C28H36N4O2S/c1-7-16-32-25(9-8-17-34-23-14-12-22(13-15-23)28(4,5)6)30-31-27(32)35-19-26(33)29-24-18-20(2)10-11-21(24)3/h7,10-15,18H,1,8-9,16-17,19H2,2-6H3,(H,29,33). The lowest BCUT2D eigenvalue weighted by Gasteiger charge is -2.19. The molecule has 0 aliphatic heterocycles. The van der Waals surface area contributed by atoms with E-state index < -0.39 is 0 Å². The Kier molecular flexibility index (Phi) is 9.15. The molecule has 1 heterocycles. The highest BCUT2D eigenvalue weighted by Crippen LogP contribution is 2.24. The predicted octanol–water partition coefficient (Wildman–Crippen LogP) is 6.12. The van der Waals surface area contributed by atoms with E-state index in [1.54, 1.807) is 0 Å². The lowest BCUT2D eigenvalue weighted by atomic mass is 9.87. The smallest absolute Gasteiger partial charge is 0.234 e. The van der Waals surface area contributed by atoms with Gasteiger partial charge in [-0.2, -0.15) is 0 Å². The Bertz CT molecular complexity index is 1150. The molecule has 0 spiro atoms. The minimum Gasteiger partial charge on any atom is -0.494 e. The van der Waals surface area contributed by atoms with Gasteiger partial charge in [-0.15, -0.1) is 16.8 Å². The van der Waals surface area contributed by atoms with Crippen LogP contribution >= 0.6 is 11.8 Å². The van der Waals surface area contributed by atoms with Crippen molar-refractivity contribution in [2.24, 2.45) is 0 Å². The molecule has 0 saturated carbocycles. The molecule has 0 bridgehead atoms. The van der Waals surface area contributed by atoms with E-state index in [1.165, 1.54) is 17.3 Å². The molecule has 1 N–H and O–H groups in total. The van der Waals surface area contributed by atoms with Gasteiger partial charge in [0.25, 0.3) is 0 Å². The van der Waals surface area contributed by atoms with E-state index in [-0.39, 0.29) is 17.1 Å². The zero-order chi connectivity index (χ0) is 25.4. The maximum Gasteiger partial charge on any atom is 0.234 e. The zero-order valence-electron chi connectivity index (χ0n) is 21.4. The molecule has 0 atom stereocenters. The Labute approximate surface area is 213 Å². The van der Waals surface area contributed by atoms with E-state index in [1.807, 2.05) is 54.8 Å². The van der Waals surface area contributed by atoms with Crippen molar-refractivity contribution in [3.05, 3.63) is 77.6 Å². The Balaban J connectivity index is 1.51. The van der Waals surface area contributed by atoms with Gasteiger partial charge in [-0.25, -0.2) is 0 Å². The number of carbonyl (C=O) groups is 1. The van der Waals surface area contributed by atoms with Crippen molar-refractivity contribution in [2.45, 2.75) is 64.6 Å². The Morgan fingerprint density at radius 3 is 2.57 bits per heavy atom. The van der Waals surface area contributed by atoms with Crippen LogP contribution in [-0.4, -0.2) is 33.0 Å². The lowest BCUT2D eigenvalue weighted by molar-refractivity contribution is -0.113. The largest absolute Gasteiger partial charge is 0.494 e. The number of aryl methyl sites for hydroxylation is 3. The first-order valence-electron chi connectivity index (χ1n) is 11.9. The molecule has 1 aromatic heterocycles. The Hall–Kier alpha value is -3.06. The summed E-state index contributed by atoms with van der Waals surface area (Å²) in [6.45, 7) is 15.6. The van der Waals surface area contributed by atoms with Gasteiger partial charge in [0.15, 0.2) is 5.16 Å². The monoisotopic (exact) mass is 492 g/mol. The van der Waals surface area contributed by atoms with Crippen molar-refractivity contribution in [1.82, 2.24) is 14.8 Å². The molecule has 35 heavy (non-hydrogen) atoms. The highest BCUT2D eigenvalue weighted by molar-refractivity contribution is 7.99. The van der Waals surface area contributed by atoms with Crippen LogP contribution in [-0.2, 0) is 23.2 Å². The first kappa shape index (κ1) is 26.5. The van der Waals surface area contributed by atoms with Crippen LogP contribution in [0.2, 0.25) is 0 Å². The summed E-state index contributed by atoms with van der Waals surface area (Å²) in [6, 6.07) is 14.3. The quantitative estimate of drug-likeness (QED) is 0.198. The summed E-state index contributed by atoms with van der Waals surface area (Å²) in [5, 5.41) is 12.4. The minimum atomic E-state index is -0.0655. The first-order chi connectivity index (χ1) is 16.7. The fraction of sp³-hybridized carbons (Fsp3) is 0.393. The second kappa shape index (κ2) is 12.1. The topological polar surface area (TPSA) is 69.0 Å². The number of benzene rings is 2. The van der Waals surface area contributed by atoms with Crippen molar-refractivity contribution in [3.63, 3.8) is 0 Å². The Morgan fingerprint density at radius 2 is 1.89 bits per heavy atom. The van der Waals surface area contributed by atoms with Crippen molar-refractivity contribution in [2.75, 3.05) is 17.7 Å². The molecule has 0 radical (unpaired) electrons. The molecule has 6 nitrogen and oxygen atoms in total. The van der Waals surface area contributed by atoms with Crippen LogP contribution in [0.15, 0.2) is 60.3 Å². The van der Waals surface area contributed by atoms with Gasteiger partial charge in [-0.3, -0.25) is 4.79 Å². The van der Waals surface area contributed by atoms with E-state index in [2.05, 4.69) is 55.0 Å². The summed E-state index contributed by atoms with van der Waals surface area (Å²) in [5.74, 6) is 1.94. The number of carbonyl (C=O) groups excluding carboxylic acids is 1. The molecule has 0 saturated heterocycles. The van der Waals surface area contributed by atoms with Crippen LogP contribution in [0.4, 0.5) is 5.69 Å². The third kappa shape index (κ3) is 7.72. The molecular formula is C28H36N4O2S. The number of rotatable bonds is 11. The SMILES string of the molecule is C=CCn1c(CCCOc2ccc(C(C)(C)C)cc2)nnc1SCC(=O)Nc1cc(C)ccc1C. The molecule has 0 unspecified atom stereocenters. The number of amides is 1. The fourth-order valence-corrected chi connectivity index (χ4v) is 4.35. The van der Waals surface area contributed by atoms with Gasteiger partial charge in [-0.05, 0) is 60.6 Å².